The number of hydrogen-bond donors (Lipinski definition) is 1. The van der Waals surface area contributed by atoms with Gasteiger partial charge in [-0.15, -0.1) is 0 Å². The van der Waals surface area contributed by atoms with Crippen LogP contribution in [0.2, 0.25) is 0 Å². The number of methoxy groups -OCH3 is 1. The van der Waals surface area contributed by atoms with Crippen molar-refractivity contribution in [2.75, 3.05) is 32.1 Å². The van der Waals surface area contributed by atoms with Crippen molar-refractivity contribution in [1.29, 1.82) is 0 Å². The van der Waals surface area contributed by atoms with Crippen LogP contribution in [0.1, 0.15) is 50.6 Å². The first-order valence-corrected chi connectivity index (χ1v) is 13.6. The number of hydrogen-bond acceptors (Lipinski definition) is 5. The first-order valence-electron chi connectivity index (χ1n) is 12.1. The van der Waals surface area contributed by atoms with E-state index in [1.807, 2.05) is 37.3 Å². The van der Waals surface area contributed by atoms with Crippen molar-refractivity contribution < 1.29 is 22.7 Å². The van der Waals surface area contributed by atoms with Crippen LogP contribution in [0.4, 0.5) is 5.69 Å². The van der Waals surface area contributed by atoms with E-state index in [0.29, 0.717) is 25.4 Å². The number of benzene rings is 2. The molecule has 0 unspecified atom stereocenters. The van der Waals surface area contributed by atoms with Gasteiger partial charge in [0, 0.05) is 26.1 Å². The third kappa shape index (κ3) is 5.51. The highest BCUT2D eigenvalue weighted by molar-refractivity contribution is 7.89. The van der Waals surface area contributed by atoms with E-state index in [-0.39, 0.29) is 34.9 Å². The van der Waals surface area contributed by atoms with E-state index in [2.05, 4.69) is 5.32 Å². The molecule has 2 aliphatic rings. The number of anilines is 1. The van der Waals surface area contributed by atoms with Crippen molar-refractivity contribution in [2.45, 2.75) is 50.0 Å². The minimum Gasteiger partial charge on any atom is -0.495 e. The molecular formula is C26H33N3O5S. The van der Waals surface area contributed by atoms with Crippen molar-refractivity contribution in [3.8, 4) is 5.75 Å². The molecule has 0 aromatic heterocycles. The fourth-order valence-electron chi connectivity index (χ4n) is 4.80. The van der Waals surface area contributed by atoms with Crippen molar-refractivity contribution in [3.63, 3.8) is 0 Å². The van der Waals surface area contributed by atoms with Crippen LogP contribution in [0.15, 0.2) is 53.4 Å². The number of rotatable bonds is 7. The molecule has 2 saturated heterocycles. The fourth-order valence-corrected chi connectivity index (χ4v) is 6.35. The zero-order valence-electron chi connectivity index (χ0n) is 20.3. The Bertz CT molecular complexity index is 1160. The van der Waals surface area contributed by atoms with Crippen LogP contribution in [-0.4, -0.2) is 56.2 Å². The third-order valence-corrected chi connectivity index (χ3v) is 8.80. The van der Waals surface area contributed by atoms with Crippen molar-refractivity contribution >= 4 is 27.5 Å². The second-order valence-electron chi connectivity index (χ2n) is 9.20. The summed E-state index contributed by atoms with van der Waals surface area (Å²) in [6.45, 7) is 3.24. The summed E-state index contributed by atoms with van der Waals surface area (Å²) in [5.41, 5.74) is 1.30. The number of ether oxygens (including phenoxy) is 1. The lowest BCUT2D eigenvalue weighted by molar-refractivity contribution is -0.129. The van der Waals surface area contributed by atoms with Gasteiger partial charge >= 0.3 is 0 Å². The number of sulfonamides is 1. The zero-order valence-corrected chi connectivity index (χ0v) is 21.1. The largest absolute Gasteiger partial charge is 0.495 e. The van der Waals surface area contributed by atoms with Crippen LogP contribution in [-0.2, 0) is 19.6 Å². The van der Waals surface area contributed by atoms with E-state index in [4.69, 9.17) is 4.74 Å². The number of carbonyl (C=O) groups excluding carboxylic acids is 2. The number of nitrogens with zero attached hydrogens (tertiary/aromatic N) is 2. The molecule has 2 heterocycles. The summed E-state index contributed by atoms with van der Waals surface area (Å²) in [6.07, 6.45) is 3.84. The highest BCUT2D eigenvalue weighted by Crippen LogP contribution is 2.33. The maximum absolute atomic E-state index is 13.3. The SMILES string of the molecule is COc1ccc(S(=O)(=O)N2CCCCCC2)cc1NC(=O)[C@H]1CC(=O)N([C@H](C)c2ccccc2)C1. The topological polar surface area (TPSA) is 96.0 Å². The first kappa shape index (κ1) is 25.2. The minimum absolute atomic E-state index is 0.0778. The van der Waals surface area contributed by atoms with Crippen LogP contribution < -0.4 is 10.1 Å². The lowest BCUT2D eigenvalue weighted by atomic mass is 10.1. The van der Waals surface area contributed by atoms with Crippen LogP contribution in [0.5, 0.6) is 5.75 Å². The predicted octanol–water partition coefficient (Wildman–Crippen LogP) is 3.81. The second-order valence-corrected chi connectivity index (χ2v) is 11.1. The molecule has 2 fully saturated rings. The quantitative estimate of drug-likeness (QED) is 0.625. The van der Waals surface area contributed by atoms with Crippen molar-refractivity contribution in [3.05, 3.63) is 54.1 Å². The van der Waals surface area contributed by atoms with Crippen molar-refractivity contribution in [2.24, 2.45) is 5.92 Å². The Morgan fingerprint density at radius 3 is 2.40 bits per heavy atom. The summed E-state index contributed by atoms with van der Waals surface area (Å²) in [4.78, 5) is 27.7. The zero-order chi connectivity index (χ0) is 25.0. The molecule has 8 nitrogen and oxygen atoms in total. The van der Waals surface area contributed by atoms with E-state index in [0.717, 1.165) is 31.2 Å². The molecule has 0 bridgehead atoms. The highest BCUT2D eigenvalue weighted by Gasteiger charge is 2.37. The normalized spacial score (nSPS) is 20.3. The van der Waals surface area contributed by atoms with Gasteiger partial charge in [0.15, 0.2) is 0 Å². The van der Waals surface area contributed by atoms with Gasteiger partial charge in [0.2, 0.25) is 21.8 Å². The molecule has 35 heavy (non-hydrogen) atoms. The average molecular weight is 500 g/mol. The smallest absolute Gasteiger partial charge is 0.243 e. The molecule has 2 aromatic rings. The van der Waals surface area contributed by atoms with E-state index in [1.54, 1.807) is 11.0 Å². The maximum atomic E-state index is 13.3. The molecule has 4 rings (SSSR count). The summed E-state index contributed by atoms with van der Waals surface area (Å²) >= 11 is 0. The van der Waals surface area contributed by atoms with E-state index >= 15 is 0 Å². The van der Waals surface area contributed by atoms with Crippen LogP contribution in [0.25, 0.3) is 0 Å². The summed E-state index contributed by atoms with van der Waals surface area (Å²) in [6, 6.07) is 14.1. The molecule has 2 amide bonds. The summed E-state index contributed by atoms with van der Waals surface area (Å²) in [5.74, 6) is -0.578. The molecule has 0 spiro atoms. The van der Waals surface area contributed by atoms with E-state index in [1.165, 1.54) is 23.5 Å². The molecule has 9 heteroatoms. The third-order valence-electron chi connectivity index (χ3n) is 6.91. The van der Waals surface area contributed by atoms with Gasteiger partial charge in [-0.2, -0.15) is 4.31 Å². The maximum Gasteiger partial charge on any atom is 0.243 e. The van der Waals surface area contributed by atoms with E-state index < -0.39 is 15.9 Å². The lowest BCUT2D eigenvalue weighted by Crippen LogP contribution is -2.32. The summed E-state index contributed by atoms with van der Waals surface area (Å²) in [7, 11) is -2.21. The van der Waals surface area contributed by atoms with Gasteiger partial charge in [0.25, 0.3) is 0 Å². The number of amides is 2. The number of nitrogens with one attached hydrogen (secondary N) is 1. The van der Waals surface area contributed by atoms with Gasteiger partial charge in [0.1, 0.15) is 5.75 Å². The highest BCUT2D eigenvalue weighted by atomic mass is 32.2. The van der Waals surface area contributed by atoms with Crippen LogP contribution in [0.3, 0.4) is 0 Å². The summed E-state index contributed by atoms with van der Waals surface area (Å²) in [5, 5.41) is 2.83. The van der Waals surface area contributed by atoms with Gasteiger partial charge in [-0.1, -0.05) is 43.2 Å². The Kier molecular flexibility index (Phi) is 7.76. The minimum atomic E-state index is -3.68. The first-order chi connectivity index (χ1) is 16.8. The Morgan fingerprint density at radius 1 is 1.06 bits per heavy atom. The standard InChI is InChI=1S/C26H33N3O5S/c1-19(20-10-6-5-7-11-20)29-18-21(16-25(29)30)26(31)27-23-17-22(12-13-24(23)34-2)35(32,33)28-14-8-3-4-9-15-28/h5-7,10-13,17,19,21H,3-4,8-9,14-16,18H2,1-2H3,(H,27,31)/t19-,21+/m1/s1. The molecule has 2 atom stereocenters. The Labute approximate surface area is 207 Å². The second kappa shape index (κ2) is 10.8. The fraction of sp³-hybridized carbons (Fsp3) is 0.462. The van der Waals surface area contributed by atoms with Gasteiger partial charge in [-0.05, 0) is 43.5 Å². The number of likely N-dealkylation sites (tertiary alicyclic amines) is 1. The van der Waals surface area contributed by atoms with Crippen molar-refractivity contribution in [1.82, 2.24) is 9.21 Å². The Hall–Kier alpha value is -2.91. The number of carbonyl (C=O) groups is 2. The van der Waals surface area contributed by atoms with Crippen LogP contribution in [0, 0.1) is 5.92 Å². The molecule has 2 aliphatic heterocycles. The molecule has 0 radical (unpaired) electrons. The van der Waals surface area contributed by atoms with Gasteiger partial charge in [-0.25, -0.2) is 8.42 Å². The molecule has 0 aliphatic carbocycles. The molecule has 188 valence electrons. The monoisotopic (exact) mass is 499 g/mol. The Morgan fingerprint density at radius 2 is 1.74 bits per heavy atom. The van der Waals surface area contributed by atoms with Gasteiger partial charge in [-0.3, -0.25) is 9.59 Å². The van der Waals surface area contributed by atoms with E-state index in [9.17, 15) is 18.0 Å². The van der Waals surface area contributed by atoms with Gasteiger partial charge in [0.05, 0.1) is 29.7 Å². The average Bonchev–Trinajstić information content (AvgIpc) is 3.06. The molecule has 2 aromatic carbocycles. The Balaban J connectivity index is 1.50. The molecular weight excluding hydrogens is 466 g/mol. The predicted molar refractivity (Wildman–Crippen MR) is 134 cm³/mol. The van der Waals surface area contributed by atoms with Crippen LogP contribution >= 0.6 is 0 Å². The summed E-state index contributed by atoms with van der Waals surface area (Å²) < 4.78 is 33.4. The lowest BCUT2D eigenvalue weighted by Gasteiger charge is -2.25. The molecule has 0 saturated carbocycles. The molecule has 1 N–H and O–H groups in total. The van der Waals surface area contributed by atoms with Gasteiger partial charge < -0.3 is 15.0 Å².